The molecule has 3 aromatic rings. The molecule has 0 spiro atoms. The van der Waals surface area contributed by atoms with Gasteiger partial charge in [-0.3, -0.25) is 9.69 Å². The molecular weight excluding hydrogens is 511 g/mol. The molecule has 4 rings (SSSR count). The lowest BCUT2D eigenvalue weighted by atomic mass is 9.81. The molecule has 0 bridgehead atoms. The molecule has 1 unspecified atom stereocenters. The summed E-state index contributed by atoms with van der Waals surface area (Å²) in [7, 11) is -4.61. The molecule has 2 N–H and O–H groups in total. The number of rotatable bonds is 5. The minimum Gasteiger partial charge on any atom is -0.376 e. The van der Waals surface area contributed by atoms with Gasteiger partial charge in [-0.2, -0.15) is 26.0 Å². The standard InChI is InChI=1S/C22H15F5N4O4S/c1-31-19(32)21(30-20(31)28,12-4-7-14(8-5-12)35-36(33,34)22(25,26)27)13-6-9-17(23)16(11-13)15-3-2-10-29-18(15)24/h2-11H,1H3,(H2,28,30). The van der Waals surface area contributed by atoms with E-state index in [1.54, 1.807) is 0 Å². The first-order valence-electron chi connectivity index (χ1n) is 9.93. The molecule has 0 saturated carbocycles. The van der Waals surface area contributed by atoms with Crippen molar-refractivity contribution >= 4 is 22.0 Å². The van der Waals surface area contributed by atoms with Crippen molar-refractivity contribution in [2.45, 2.75) is 11.0 Å². The molecule has 1 aromatic heterocycles. The highest BCUT2D eigenvalue weighted by Gasteiger charge is 2.50. The first-order chi connectivity index (χ1) is 16.8. The molecule has 14 heteroatoms. The van der Waals surface area contributed by atoms with Gasteiger partial charge in [0.1, 0.15) is 11.6 Å². The maximum Gasteiger partial charge on any atom is 0.534 e. The fraction of sp³-hybridized carbons (Fsp3) is 0.136. The van der Waals surface area contributed by atoms with Crippen LogP contribution in [0.1, 0.15) is 11.1 Å². The third-order valence-electron chi connectivity index (χ3n) is 5.43. The maximum atomic E-state index is 14.7. The van der Waals surface area contributed by atoms with Gasteiger partial charge in [-0.1, -0.05) is 18.2 Å². The highest BCUT2D eigenvalue weighted by atomic mass is 32.2. The van der Waals surface area contributed by atoms with Crippen molar-refractivity contribution in [3.8, 4) is 16.9 Å². The van der Waals surface area contributed by atoms with Crippen LogP contribution < -0.4 is 9.92 Å². The Kier molecular flexibility index (Phi) is 5.95. The molecule has 0 saturated heterocycles. The molecule has 2 heterocycles. The minimum absolute atomic E-state index is 0.0424. The predicted molar refractivity (Wildman–Crippen MR) is 117 cm³/mol. The summed E-state index contributed by atoms with van der Waals surface area (Å²) in [5.74, 6) is -3.40. The topological polar surface area (TPSA) is 115 Å². The third kappa shape index (κ3) is 4.02. The molecule has 1 aliphatic heterocycles. The van der Waals surface area contributed by atoms with Crippen molar-refractivity contribution in [1.29, 1.82) is 0 Å². The van der Waals surface area contributed by atoms with Gasteiger partial charge in [-0.05, 0) is 47.5 Å². The number of nitrogens with zero attached hydrogens (tertiary/aromatic N) is 3. The van der Waals surface area contributed by atoms with E-state index in [9.17, 15) is 35.2 Å². The molecule has 2 aromatic carbocycles. The number of aliphatic imine (C=N–C) groups is 1. The van der Waals surface area contributed by atoms with Gasteiger partial charge in [0.25, 0.3) is 5.91 Å². The van der Waals surface area contributed by atoms with Gasteiger partial charge in [0, 0.05) is 24.4 Å². The second-order valence-electron chi connectivity index (χ2n) is 7.59. The van der Waals surface area contributed by atoms with Crippen molar-refractivity contribution in [2.75, 3.05) is 7.05 Å². The number of carbonyl (C=O) groups is 1. The van der Waals surface area contributed by atoms with Crippen molar-refractivity contribution in [1.82, 2.24) is 9.88 Å². The van der Waals surface area contributed by atoms with Gasteiger partial charge in [-0.25, -0.2) is 14.4 Å². The average Bonchev–Trinajstić information content (AvgIpc) is 3.04. The largest absolute Gasteiger partial charge is 0.534 e. The molecule has 1 atom stereocenters. The molecule has 0 aliphatic carbocycles. The quantitative estimate of drug-likeness (QED) is 0.236. The van der Waals surface area contributed by atoms with Crippen molar-refractivity contribution < 1.29 is 39.3 Å². The van der Waals surface area contributed by atoms with E-state index in [4.69, 9.17) is 5.73 Å². The van der Waals surface area contributed by atoms with E-state index in [0.717, 1.165) is 35.2 Å². The number of benzene rings is 2. The predicted octanol–water partition coefficient (Wildman–Crippen LogP) is 3.29. The first-order valence-corrected chi connectivity index (χ1v) is 11.3. The van der Waals surface area contributed by atoms with Gasteiger partial charge < -0.3 is 9.92 Å². The molecule has 1 amide bonds. The number of hydrogen-bond donors (Lipinski definition) is 1. The Hall–Kier alpha value is -4.07. The zero-order chi connectivity index (χ0) is 26.5. The van der Waals surface area contributed by atoms with Crippen LogP contribution in [0.25, 0.3) is 11.1 Å². The van der Waals surface area contributed by atoms with Crippen LogP contribution in [0.3, 0.4) is 0 Å². The number of guanidine groups is 1. The Bertz CT molecular complexity index is 1490. The number of halogens is 5. The van der Waals surface area contributed by atoms with Crippen LogP contribution in [0.15, 0.2) is 65.8 Å². The number of amides is 1. The van der Waals surface area contributed by atoms with Gasteiger partial charge in [-0.15, -0.1) is 0 Å². The summed E-state index contributed by atoms with van der Waals surface area (Å²) in [6.07, 6.45) is 1.17. The summed E-state index contributed by atoms with van der Waals surface area (Å²) in [5.41, 5.74) is -2.06. The third-order valence-corrected chi connectivity index (χ3v) is 6.41. The molecule has 188 valence electrons. The number of hydrogen-bond acceptors (Lipinski definition) is 7. The van der Waals surface area contributed by atoms with E-state index in [2.05, 4.69) is 14.2 Å². The number of nitrogens with two attached hydrogens (primary N) is 1. The summed E-state index contributed by atoms with van der Waals surface area (Å²) in [6.45, 7) is 0. The molecule has 0 radical (unpaired) electrons. The second-order valence-corrected chi connectivity index (χ2v) is 9.13. The Balaban J connectivity index is 1.86. The Labute approximate surface area is 201 Å². The number of likely N-dealkylation sites (N-methyl/N-ethyl adjacent to an activating group) is 1. The monoisotopic (exact) mass is 526 g/mol. The van der Waals surface area contributed by atoms with E-state index in [1.165, 1.54) is 37.5 Å². The molecular formula is C22H15F5N4O4S. The maximum absolute atomic E-state index is 14.7. The number of pyridine rings is 1. The van der Waals surface area contributed by atoms with Crippen LogP contribution in [0, 0.1) is 11.8 Å². The zero-order valence-corrected chi connectivity index (χ0v) is 18.9. The lowest BCUT2D eigenvalue weighted by Gasteiger charge is -2.27. The Morgan fingerprint density at radius 2 is 1.64 bits per heavy atom. The van der Waals surface area contributed by atoms with Crippen LogP contribution >= 0.6 is 0 Å². The van der Waals surface area contributed by atoms with Crippen LogP contribution in [0.2, 0.25) is 0 Å². The van der Waals surface area contributed by atoms with Crippen LogP contribution in [-0.2, 0) is 20.5 Å². The normalized spacial score (nSPS) is 18.3. The van der Waals surface area contributed by atoms with Gasteiger partial charge in [0.2, 0.25) is 5.95 Å². The fourth-order valence-corrected chi connectivity index (χ4v) is 4.11. The average molecular weight is 526 g/mol. The second kappa shape index (κ2) is 8.55. The zero-order valence-electron chi connectivity index (χ0n) is 18.1. The summed E-state index contributed by atoms with van der Waals surface area (Å²) in [6, 6.07) is 10.1. The first kappa shape index (κ1) is 25.0. The summed E-state index contributed by atoms with van der Waals surface area (Å²) in [5, 5.41) is 0. The number of aromatic nitrogens is 1. The summed E-state index contributed by atoms with van der Waals surface area (Å²) in [4.78, 5) is 22.1. The van der Waals surface area contributed by atoms with Crippen molar-refractivity contribution in [2.24, 2.45) is 10.7 Å². The minimum atomic E-state index is -5.93. The fourth-order valence-electron chi connectivity index (χ4n) is 3.65. The Morgan fingerprint density at radius 3 is 2.19 bits per heavy atom. The van der Waals surface area contributed by atoms with E-state index in [-0.39, 0.29) is 28.2 Å². The number of carbonyl (C=O) groups excluding carboxylic acids is 1. The molecule has 36 heavy (non-hydrogen) atoms. The summed E-state index contributed by atoms with van der Waals surface area (Å²) >= 11 is 0. The Morgan fingerprint density at radius 1 is 1.00 bits per heavy atom. The SMILES string of the molecule is CN1C(=O)C(c2ccc(OS(=O)(=O)C(F)(F)F)cc2)(c2ccc(F)c(-c3cccnc3F)c2)N=C1N. The molecule has 8 nitrogen and oxygen atoms in total. The molecule has 1 aliphatic rings. The van der Waals surface area contributed by atoms with Crippen LogP contribution in [-0.4, -0.2) is 42.7 Å². The lowest BCUT2D eigenvalue weighted by Crippen LogP contribution is -2.41. The lowest BCUT2D eigenvalue weighted by molar-refractivity contribution is -0.129. The van der Waals surface area contributed by atoms with Gasteiger partial charge >= 0.3 is 15.6 Å². The van der Waals surface area contributed by atoms with Gasteiger partial charge in [0.05, 0.1) is 0 Å². The van der Waals surface area contributed by atoms with E-state index in [0.29, 0.717) is 0 Å². The van der Waals surface area contributed by atoms with Gasteiger partial charge in [0.15, 0.2) is 11.5 Å². The summed E-state index contributed by atoms with van der Waals surface area (Å²) < 4.78 is 93.6. The highest BCUT2D eigenvalue weighted by molar-refractivity contribution is 7.88. The van der Waals surface area contributed by atoms with E-state index < -0.39 is 44.6 Å². The van der Waals surface area contributed by atoms with E-state index >= 15 is 0 Å². The highest BCUT2D eigenvalue weighted by Crippen LogP contribution is 2.42. The smallest absolute Gasteiger partial charge is 0.376 e. The van der Waals surface area contributed by atoms with Crippen molar-refractivity contribution in [3.05, 3.63) is 83.7 Å². The van der Waals surface area contributed by atoms with Crippen molar-refractivity contribution in [3.63, 3.8) is 0 Å². The van der Waals surface area contributed by atoms with E-state index in [1.807, 2.05) is 0 Å². The van der Waals surface area contributed by atoms with Crippen LogP contribution in [0.5, 0.6) is 5.75 Å². The van der Waals surface area contributed by atoms with Crippen LogP contribution in [0.4, 0.5) is 22.0 Å². The molecule has 0 fully saturated rings. The number of alkyl halides is 3.